The van der Waals surface area contributed by atoms with Gasteiger partial charge in [-0.25, -0.2) is 0 Å². The number of amides is 3. The summed E-state index contributed by atoms with van der Waals surface area (Å²) in [5.74, 6) is -1.92. The Morgan fingerprint density at radius 3 is 2.50 bits per heavy atom. The summed E-state index contributed by atoms with van der Waals surface area (Å²) in [7, 11) is 0. The molecule has 1 N–H and O–H groups in total. The van der Waals surface area contributed by atoms with Gasteiger partial charge in [0.05, 0.1) is 40.6 Å². The molecule has 30 heavy (non-hydrogen) atoms. The highest BCUT2D eigenvalue weighted by Gasteiger charge is 2.37. The van der Waals surface area contributed by atoms with E-state index in [2.05, 4.69) is 10.2 Å². The molecule has 2 aromatic rings. The van der Waals surface area contributed by atoms with E-state index >= 15 is 0 Å². The van der Waals surface area contributed by atoms with Crippen molar-refractivity contribution in [2.45, 2.75) is 0 Å². The third-order valence-corrected chi connectivity index (χ3v) is 5.00. The Bertz CT molecular complexity index is 1050. The minimum atomic E-state index is -0.727. The number of carbonyl (C=O) groups is 3. The van der Waals surface area contributed by atoms with Crippen molar-refractivity contribution in [1.82, 2.24) is 4.90 Å². The van der Waals surface area contributed by atoms with Gasteiger partial charge < -0.3 is 15.0 Å². The predicted molar refractivity (Wildman–Crippen MR) is 107 cm³/mol. The fourth-order valence-corrected chi connectivity index (χ4v) is 3.53. The van der Waals surface area contributed by atoms with E-state index in [1.165, 1.54) is 6.07 Å². The summed E-state index contributed by atoms with van der Waals surface area (Å²) in [6, 6.07) is 10.7. The fraction of sp³-hybridized carbons (Fsp3) is 0.250. The lowest BCUT2D eigenvalue weighted by Gasteiger charge is -2.30. The monoisotopic (exact) mass is 410 g/mol. The quantitative estimate of drug-likeness (QED) is 0.452. The highest BCUT2D eigenvalue weighted by Crippen LogP contribution is 2.28. The van der Waals surface area contributed by atoms with Crippen LogP contribution in [0.5, 0.6) is 0 Å². The number of carbonyl (C=O) groups excluding carboxylic acids is 3. The summed E-state index contributed by atoms with van der Waals surface area (Å²) in [6.07, 6.45) is 0. The minimum Gasteiger partial charge on any atom is -0.378 e. The number of nitro groups is 1. The molecule has 10 heteroatoms. The molecule has 1 saturated heterocycles. The number of nitro benzene ring substituents is 1. The van der Waals surface area contributed by atoms with Crippen LogP contribution in [0.3, 0.4) is 0 Å². The molecular formula is C20H18N4O6. The average molecular weight is 410 g/mol. The summed E-state index contributed by atoms with van der Waals surface area (Å²) in [4.78, 5) is 50.9. The number of imide groups is 1. The van der Waals surface area contributed by atoms with Crippen molar-refractivity contribution in [3.05, 3.63) is 63.7 Å². The third kappa shape index (κ3) is 3.60. The van der Waals surface area contributed by atoms with Gasteiger partial charge in [0.2, 0.25) is 5.91 Å². The highest BCUT2D eigenvalue weighted by molar-refractivity contribution is 6.23. The summed E-state index contributed by atoms with van der Waals surface area (Å²) in [5, 5.41) is 13.7. The van der Waals surface area contributed by atoms with E-state index in [0.717, 1.165) is 22.7 Å². The number of rotatable bonds is 5. The standard InChI is InChI=1S/C20H18N4O6/c25-18(21-16-3-1-2-4-17(16)22-7-9-30-10-8-22)12-23-19(26)14-6-5-13(24(28)29)11-15(14)20(23)27/h1-6,11H,7-10,12H2,(H,21,25). The number of anilines is 2. The fourth-order valence-electron chi connectivity index (χ4n) is 3.53. The van der Waals surface area contributed by atoms with E-state index in [0.29, 0.717) is 32.0 Å². The molecule has 2 aromatic carbocycles. The Hall–Kier alpha value is -3.79. The second kappa shape index (κ2) is 7.91. The first kappa shape index (κ1) is 19.5. The Labute approximate surface area is 171 Å². The van der Waals surface area contributed by atoms with Gasteiger partial charge in [0.15, 0.2) is 0 Å². The summed E-state index contributed by atoms with van der Waals surface area (Å²) >= 11 is 0. The minimum absolute atomic E-state index is 0.0483. The van der Waals surface area contributed by atoms with Gasteiger partial charge >= 0.3 is 0 Å². The van der Waals surface area contributed by atoms with Crippen LogP contribution in [0.2, 0.25) is 0 Å². The maximum atomic E-state index is 12.6. The number of ether oxygens (including phenoxy) is 1. The number of para-hydroxylation sites is 2. The number of nitrogens with one attached hydrogen (secondary N) is 1. The van der Waals surface area contributed by atoms with Crippen molar-refractivity contribution < 1.29 is 24.0 Å². The van der Waals surface area contributed by atoms with Gasteiger partial charge in [-0.05, 0) is 18.2 Å². The van der Waals surface area contributed by atoms with Gasteiger partial charge in [-0.3, -0.25) is 29.4 Å². The normalized spacial score (nSPS) is 15.9. The smallest absolute Gasteiger partial charge is 0.270 e. The van der Waals surface area contributed by atoms with Gasteiger partial charge in [-0.15, -0.1) is 0 Å². The maximum absolute atomic E-state index is 12.6. The van der Waals surface area contributed by atoms with Crippen molar-refractivity contribution in [3.8, 4) is 0 Å². The van der Waals surface area contributed by atoms with Crippen LogP contribution < -0.4 is 10.2 Å². The number of fused-ring (bicyclic) bond motifs is 1. The molecule has 2 aliphatic rings. The number of benzene rings is 2. The molecule has 0 aromatic heterocycles. The molecule has 2 aliphatic heterocycles. The van der Waals surface area contributed by atoms with Crippen LogP contribution in [0.1, 0.15) is 20.7 Å². The van der Waals surface area contributed by atoms with Gasteiger partial charge in [0.25, 0.3) is 17.5 Å². The number of nitrogens with zero attached hydrogens (tertiary/aromatic N) is 3. The van der Waals surface area contributed by atoms with Gasteiger partial charge in [0, 0.05) is 25.2 Å². The second-order valence-corrected chi connectivity index (χ2v) is 6.85. The Kier molecular flexibility index (Phi) is 5.15. The molecule has 0 aliphatic carbocycles. The van der Waals surface area contributed by atoms with E-state index < -0.39 is 29.2 Å². The highest BCUT2D eigenvalue weighted by atomic mass is 16.6. The van der Waals surface area contributed by atoms with Crippen LogP contribution in [0.4, 0.5) is 17.1 Å². The average Bonchev–Trinajstić information content (AvgIpc) is 2.99. The number of hydrogen-bond donors (Lipinski definition) is 1. The maximum Gasteiger partial charge on any atom is 0.270 e. The molecule has 10 nitrogen and oxygen atoms in total. The van der Waals surface area contributed by atoms with E-state index in [4.69, 9.17) is 4.74 Å². The predicted octanol–water partition coefficient (Wildman–Crippen LogP) is 1.67. The molecule has 0 bridgehead atoms. The van der Waals surface area contributed by atoms with Crippen molar-refractivity contribution >= 4 is 34.8 Å². The molecule has 2 heterocycles. The molecule has 0 unspecified atom stereocenters. The zero-order valence-electron chi connectivity index (χ0n) is 15.9. The third-order valence-electron chi connectivity index (χ3n) is 5.00. The number of hydrogen-bond acceptors (Lipinski definition) is 7. The molecule has 3 amide bonds. The van der Waals surface area contributed by atoms with Crippen LogP contribution in [-0.4, -0.2) is 60.4 Å². The van der Waals surface area contributed by atoms with Crippen molar-refractivity contribution in [2.24, 2.45) is 0 Å². The van der Waals surface area contributed by atoms with Crippen LogP contribution in [0.25, 0.3) is 0 Å². The lowest BCUT2D eigenvalue weighted by molar-refractivity contribution is -0.384. The van der Waals surface area contributed by atoms with Crippen LogP contribution in [-0.2, 0) is 9.53 Å². The zero-order chi connectivity index (χ0) is 21.3. The van der Waals surface area contributed by atoms with Crippen molar-refractivity contribution in [1.29, 1.82) is 0 Å². The summed E-state index contributed by atoms with van der Waals surface area (Å²) in [5.41, 5.74) is 1.08. The Morgan fingerprint density at radius 1 is 1.07 bits per heavy atom. The SMILES string of the molecule is O=C(CN1C(=O)c2ccc([N+](=O)[O-])cc2C1=O)Nc1ccccc1N1CCOCC1. The summed E-state index contributed by atoms with van der Waals surface area (Å²) < 4.78 is 5.36. The number of morpholine rings is 1. The van der Waals surface area contributed by atoms with E-state index in [1.807, 2.05) is 12.1 Å². The first-order chi connectivity index (χ1) is 14.5. The van der Waals surface area contributed by atoms with Gasteiger partial charge in [0.1, 0.15) is 6.54 Å². The molecular weight excluding hydrogens is 392 g/mol. The molecule has 0 saturated carbocycles. The molecule has 4 rings (SSSR count). The Balaban J connectivity index is 1.49. The van der Waals surface area contributed by atoms with E-state index in [-0.39, 0.29) is 16.8 Å². The van der Waals surface area contributed by atoms with Crippen molar-refractivity contribution in [3.63, 3.8) is 0 Å². The van der Waals surface area contributed by atoms with Crippen molar-refractivity contribution in [2.75, 3.05) is 43.1 Å². The molecule has 1 fully saturated rings. The van der Waals surface area contributed by atoms with Gasteiger partial charge in [-0.1, -0.05) is 12.1 Å². The van der Waals surface area contributed by atoms with Crippen LogP contribution >= 0.6 is 0 Å². The molecule has 154 valence electrons. The molecule has 0 atom stereocenters. The Morgan fingerprint density at radius 2 is 1.77 bits per heavy atom. The first-order valence-electron chi connectivity index (χ1n) is 9.32. The molecule has 0 radical (unpaired) electrons. The van der Waals surface area contributed by atoms with Gasteiger partial charge in [-0.2, -0.15) is 0 Å². The van der Waals surface area contributed by atoms with Crippen LogP contribution in [0.15, 0.2) is 42.5 Å². The first-order valence-corrected chi connectivity index (χ1v) is 9.32. The van der Waals surface area contributed by atoms with E-state index in [1.54, 1.807) is 12.1 Å². The van der Waals surface area contributed by atoms with Crippen LogP contribution in [0, 0.1) is 10.1 Å². The second-order valence-electron chi connectivity index (χ2n) is 6.85. The topological polar surface area (TPSA) is 122 Å². The number of non-ortho nitro benzene ring substituents is 1. The largest absolute Gasteiger partial charge is 0.378 e. The molecule has 0 spiro atoms. The lowest BCUT2D eigenvalue weighted by Crippen LogP contribution is -2.39. The lowest BCUT2D eigenvalue weighted by atomic mass is 10.1. The van der Waals surface area contributed by atoms with E-state index in [9.17, 15) is 24.5 Å². The summed E-state index contributed by atoms with van der Waals surface area (Å²) in [6.45, 7) is 2.05. The zero-order valence-corrected chi connectivity index (χ0v) is 15.9.